The van der Waals surface area contributed by atoms with E-state index in [1.807, 2.05) is 43.3 Å². The zero-order chi connectivity index (χ0) is 12.7. The maximum atomic E-state index is 8.51. The van der Waals surface area contributed by atoms with Gasteiger partial charge in [-0.3, -0.25) is 0 Å². The molecule has 0 fully saturated rings. The summed E-state index contributed by atoms with van der Waals surface area (Å²) < 4.78 is 8.33. The summed E-state index contributed by atoms with van der Waals surface area (Å²) >= 11 is -2.99. The molecule has 0 aromatic heterocycles. The van der Waals surface area contributed by atoms with Crippen LogP contribution in [-0.2, 0) is 6.54 Å². The van der Waals surface area contributed by atoms with Crippen LogP contribution in [0.1, 0.15) is 5.56 Å². The third kappa shape index (κ3) is 4.21. The van der Waals surface area contributed by atoms with Gasteiger partial charge >= 0.3 is 108 Å². The second-order valence-electron chi connectivity index (χ2n) is 3.51. The molecule has 17 heavy (non-hydrogen) atoms. The first-order valence-corrected chi connectivity index (χ1v) is 9.66. The van der Waals surface area contributed by atoms with E-state index in [9.17, 15) is 0 Å². The maximum absolute atomic E-state index is 8.51. The van der Waals surface area contributed by atoms with Crippen molar-refractivity contribution in [2.45, 2.75) is 6.54 Å². The first-order valence-electron chi connectivity index (χ1n) is 4.82. The van der Waals surface area contributed by atoms with Gasteiger partial charge in [0.2, 0.25) is 0 Å². The van der Waals surface area contributed by atoms with Crippen molar-refractivity contribution in [3.8, 4) is 0 Å². The number of hydrogen-bond acceptors (Lipinski definition) is 3. The molecule has 0 unspecified atom stereocenters. The first kappa shape index (κ1) is 13.7. The fourth-order valence-corrected chi connectivity index (χ4v) is 5.26. The third-order valence-electron chi connectivity index (χ3n) is 1.94. The standard InChI is InChI=1S/C9H12N.Bi.2N3/c1-10(2)8-9-6-4-3-5-7-9;;2*1-3-2/h3-6H,8H2,1-2H3;;;/q;+2;2*-1. The minimum atomic E-state index is -2.99. The molecule has 0 atom stereocenters. The average molecular weight is 427 g/mol. The molecular weight excluding hydrogens is 415 g/mol. The van der Waals surface area contributed by atoms with Gasteiger partial charge in [0.05, 0.1) is 0 Å². The quantitative estimate of drug-likeness (QED) is 0.306. The molecule has 0 aliphatic rings. The number of hydrogen-bond donors (Lipinski definition) is 0. The van der Waals surface area contributed by atoms with Crippen molar-refractivity contribution in [3.05, 3.63) is 50.7 Å². The number of azide groups is 1. The SMILES string of the molecule is CN(C)Cc1cccc[c]1[Bi]([N]=[N+]=[N-])[N]=[N+]=[N-]. The van der Waals surface area contributed by atoms with E-state index in [0.29, 0.717) is 0 Å². The van der Waals surface area contributed by atoms with Gasteiger partial charge in [0.25, 0.3) is 0 Å². The molecule has 88 valence electrons. The van der Waals surface area contributed by atoms with Crippen LogP contribution in [0.5, 0.6) is 0 Å². The summed E-state index contributed by atoms with van der Waals surface area (Å²) in [5.41, 5.74) is 18.1. The second kappa shape index (κ2) is 7.10. The monoisotopic (exact) mass is 427 g/mol. The molecule has 8 heteroatoms. The summed E-state index contributed by atoms with van der Waals surface area (Å²) in [7, 11) is 3.92. The van der Waals surface area contributed by atoms with Crippen LogP contribution in [0.25, 0.3) is 20.9 Å². The van der Waals surface area contributed by atoms with Crippen molar-refractivity contribution in [2.75, 3.05) is 14.1 Å². The topological polar surface area (TPSA) is 101 Å². The molecule has 0 spiro atoms. The molecule has 0 saturated heterocycles. The van der Waals surface area contributed by atoms with E-state index in [1.54, 1.807) is 0 Å². The molecule has 0 heterocycles. The van der Waals surface area contributed by atoms with Crippen LogP contribution in [0.4, 0.5) is 0 Å². The van der Waals surface area contributed by atoms with Crippen LogP contribution in [0.2, 0.25) is 0 Å². The average Bonchev–Trinajstić information content (AvgIpc) is 2.29. The van der Waals surface area contributed by atoms with Gasteiger partial charge in [-0.15, -0.1) is 0 Å². The molecule has 0 amide bonds. The summed E-state index contributed by atoms with van der Waals surface area (Å²) in [6.45, 7) is 0.740. The zero-order valence-electron chi connectivity index (χ0n) is 9.59. The molecule has 0 bridgehead atoms. The summed E-state index contributed by atoms with van der Waals surface area (Å²) in [5, 5.41) is 0. The molecular formula is C9H12BiN7. The Morgan fingerprint density at radius 3 is 2.29 bits per heavy atom. The molecule has 0 N–H and O–H groups in total. The van der Waals surface area contributed by atoms with E-state index in [4.69, 9.17) is 11.1 Å². The zero-order valence-corrected chi connectivity index (χ0v) is 13.1. The predicted molar refractivity (Wildman–Crippen MR) is 67.5 cm³/mol. The molecule has 0 saturated carbocycles. The van der Waals surface area contributed by atoms with E-state index >= 15 is 0 Å². The Morgan fingerprint density at radius 2 is 1.76 bits per heavy atom. The molecule has 0 radical (unpaired) electrons. The van der Waals surface area contributed by atoms with Crippen LogP contribution < -0.4 is 3.27 Å². The van der Waals surface area contributed by atoms with Gasteiger partial charge in [-0.25, -0.2) is 0 Å². The second-order valence-corrected chi connectivity index (χ2v) is 9.03. The van der Waals surface area contributed by atoms with Gasteiger partial charge in [0.1, 0.15) is 0 Å². The van der Waals surface area contributed by atoms with Gasteiger partial charge in [0, 0.05) is 0 Å². The fourth-order valence-electron chi connectivity index (χ4n) is 1.37. The van der Waals surface area contributed by atoms with Crippen molar-refractivity contribution in [1.29, 1.82) is 0 Å². The number of rotatable bonds is 5. The Hall–Kier alpha value is -1.32. The summed E-state index contributed by atoms with van der Waals surface area (Å²) in [4.78, 5) is 7.60. The van der Waals surface area contributed by atoms with Crippen LogP contribution >= 0.6 is 0 Å². The Bertz CT molecular complexity index is 456. The Kier molecular flexibility index (Phi) is 5.74. The number of nitrogens with zero attached hydrogens (tertiary/aromatic N) is 7. The van der Waals surface area contributed by atoms with Crippen molar-refractivity contribution < 1.29 is 0 Å². The van der Waals surface area contributed by atoms with Crippen molar-refractivity contribution in [3.63, 3.8) is 0 Å². The Balaban J connectivity index is 3.17. The van der Waals surface area contributed by atoms with Crippen molar-refractivity contribution >= 4 is 25.6 Å². The Labute approximate surface area is 108 Å². The van der Waals surface area contributed by atoms with E-state index in [-0.39, 0.29) is 0 Å². The van der Waals surface area contributed by atoms with Gasteiger partial charge in [-0.2, -0.15) is 0 Å². The van der Waals surface area contributed by atoms with Crippen LogP contribution in [0, 0.1) is 0 Å². The van der Waals surface area contributed by atoms with Crippen LogP contribution in [-0.4, -0.2) is 41.3 Å². The molecule has 1 aromatic carbocycles. The van der Waals surface area contributed by atoms with Gasteiger partial charge in [-0.05, 0) is 0 Å². The molecule has 0 aliphatic carbocycles. The first-order chi connectivity index (χ1) is 8.19. The minimum absolute atomic E-state index is 0.740. The van der Waals surface area contributed by atoms with E-state index in [0.717, 1.165) is 15.4 Å². The van der Waals surface area contributed by atoms with E-state index < -0.39 is 22.3 Å². The van der Waals surface area contributed by atoms with Crippen molar-refractivity contribution in [2.24, 2.45) is 6.12 Å². The van der Waals surface area contributed by atoms with Gasteiger partial charge in [-0.1, -0.05) is 0 Å². The summed E-state index contributed by atoms with van der Waals surface area (Å²) in [5.74, 6) is 0. The molecule has 7 nitrogen and oxygen atoms in total. The predicted octanol–water partition coefficient (Wildman–Crippen LogP) is 2.06. The summed E-state index contributed by atoms with van der Waals surface area (Å²) in [6, 6.07) is 7.66. The van der Waals surface area contributed by atoms with Crippen LogP contribution in [0.15, 0.2) is 30.4 Å². The van der Waals surface area contributed by atoms with Crippen LogP contribution in [0.3, 0.4) is 0 Å². The molecule has 1 aromatic rings. The molecule has 1 rings (SSSR count). The third-order valence-corrected chi connectivity index (χ3v) is 7.25. The van der Waals surface area contributed by atoms with Gasteiger partial charge in [0.15, 0.2) is 0 Å². The normalized spacial score (nSPS) is 9.88. The number of benzene rings is 1. The Morgan fingerprint density at radius 1 is 1.18 bits per heavy atom. The molecule has 0 aliphatic heterocycles. The van der Waals surface area contributed by atoms with Crippen molar-refractivity contribution in [1.82, 2.24) is 4.90 Å². The fraction of sp³-hybridized carbons (Fsp3) is 0.333. The van der Waals surface area contributed by atoms with Gasteiger partial charge < -0.3 is 0 Å². The van der Waals surface area contributed by atoms with E-state index in [1.165, 1.54) is 0 Å². The summed E-state index contributed by atoms with van der Waals surface area (Å²) in [6.07, 6.45) is 0. The van der Waals surface area contributed by atoms with E-state index in [2.05, 4.69) is 15.9 Å².